The van der Waals surface area contributed by atoms with E-state index in [-0.39, 0.29) is 0 Å². The molecule has 0 aliphatic heterocycles. The Morgan fingerprint density at radius 1 is 1.70 bits per heavy atom. The summed E-state index contributed by atoms with van der Waals surface area (Å²) in [6.07, 6.45) is 0. The molecule has 0 rings (SSSR count). The van der Waals surface area contributed by atoms with Crippen LogP contribution in [0.25, 0.3) is 0 Å². The van der Waals surface area contributed by atoms with Crippen LogP contribution in [0.3, 0.4) is 0 Å². The summed E-state index contributed by atoms with van der Waals surface area (Å²) in [5, 5.41) is 7.25. The van der Waals surface area contributed by atoms with Crippen LogP contribution in [-0.2, 0) is 0 Å². The van der Waals surface area contributed by atoms with Gasteiger partial charge in [-0.3, -0.25) is 5.14 Å². The fourth-order valence-electron chi connectivity index (χ4n) is 0.691. The molecule has 3 heteroatoms. The topological polar surface area (TPSA) is 29.3 Å². The van der Waals surface area contributed by atoms with Crippen molar-refractivity contribution in [2.24, 2.45) is 5.14 Å². The molecule has 0 fully saturated rings. The fraction of sp³-hybridized carbons (Fsp3) is 0.714. The molecule has 0 saturated heterocycles. The van der Waals surface area contributed by atoms with E-state index in [2.05, 4.69) is 25.8 Å². The highest BCUT2D eigenvalue weighted by Gasteiger charge is 1.93. The first-order chi connectivity index (χ1) is 4.70. The van der Waals surface area contributed by atoms with Gasteiger partial charge in [0.15, 0.2) is 0 Å². The summed E-state index contributed by atoms with van der Waals surface area (Å²) >= 11 is 1.27. The van der Waals surface area contributed by atoms with Crippen molar-refractivity contribution in [3.05, 3.63) is 11.0 Å². The van der Waals surface area contributed by atoms with Gasteiger partial charge in [-0.1, -0.05) is 24.4 Å². The minimum Gasteiger partial charge on any atom is -0.303 e. The van der Waals surface area contributed by atoms with E-state index in [1.165, 1.54) is 17.5 Å². The van der Waals surface area contributed by atoms with Gasteiger partial charge < -0.3 is 4.90 Å². The van der Waals surface area contributed by atoms with Crippen LogP contribution in [0.1, 0.15) is 13.8 Å². The minimum atomic E-state index is 1.01. The minimum absolute atomic E-state index is 1.01. The second-order valence-corrected chi connectivity index (χ2v) is 2.94. The summed E-state index contributed by atoms with van der Waals surface area (Å²) in [7, 11) is 2.10. The molecule has 0 aliphatic rings. The van der Waals surface area contributed by atoms with Crippen molar-refractivity contribution in [3.8, 4) is 0 Å². The predicted octanol–water partition coefficient (Wildman–Crippen LogP) is 1.45. The summed E-state index contributed by atoms with van der Waals surface area (Å²) < 4.78 is 0. The van der Waals surface area contributed by atoms with Crippen molar-refractivity contribution in [1.82, 2.24) is 4.90 Å². The Balaban J connectivity index is 3.56. The first-order valence-corrected chi connectivity index (χ1v) is 4.34. The molecule has 2 N–H and O–H groups in total. The lowest BCUT2D eigenvalue weighted by Crippen LogP contribution is -2.19. The molecule has 0 saturated carbocycles. The van der Waals surface area contributed by atoms with Gasteiger partial charge in [0, 0.05) is 6.54 Å². The second kappa shape index (κ2) is 5.77. The van der Waals surface area contributed by atoms with E-state index < -0.39 is 0 Å². The number of nitrogens with two attached hydrogens (primary N) is 1. The Labute approximate surface area is 67.6 Å². The van der Waals surface area contributed by atoms with Crippen LogP contribution in [-0.4, -0.2) is 25.0 Å². The van der Waals surface area contributed by atoms with Crippen molar-refractivity contribution >= 4 is 11.9 Å². The van der Waals surface area contributed by atoms with Crippen molar-refractivity contribution in [2.75, 3.05) is 20.1 Å². The summed E-state index contributed by atoms with van der Waals surface area (Å²) in [5.41, 5.74) is 1.32. The standard InChI is InChI=1S/C7H16N2S/c1-4-9(3)5-7(2)6-10-8/h6H,4-5,8H2,1-3H3/b7-6+. The molecule has 2 nitrogen and oxygen atoms in total. The molecule has 0 amide bonds. The maximum absolute atomic E-state index is 5.27. The van der Waals surface area contributed by atoms with Gasteiger partial charge in [-0.25, -0.2) is 0 Å². The van der Waals surface area contributed by atoms with Crippen LogP contribution in [0.5, 0.6) is 0 Å². The monoisotopic (exact) mass is 160 g/mol. The Hall–Kier alpha value is 0.01000. The van der Waals surface area contributed by atoms with Gasteiger partial charge in [0.05, 0.1) is 0 Å². The predicted molar refractivity (Wildman–Crippen MR) is 48.7 cm³/mol. The van der Waals surface area contributed by atoms with E-state index in [1.54, 1.807) is 0 Å². The number of hydrogen-bond donors (Lipinski definition) is 1. The molecule has 0 bridgehead atoms. The van der Waals surface area contributed by atoms with Gasteiger partial charge >= 0.3 is 0 Å². The van der Waals surface area contributed by atoms with E-state index in [1.807, 2.05) is 5.41 Å². The molecule has 0 aromatic heterocycles. The van der Waals surface area contributed by atoms with E-state index in [4.69, 9.17) is 5.14 Å². The Kier molecular flexibility index (Phi) is 5.78. The molecular weight excluding hydrogens is 144 g/mol. The summed E-state index contributed by atoms with van der Waals surface area (Å²) in [4.78, 5) is 2.24. The third-order valence-electron chi connectivity index (χ3n) is 1.33. The SMILES string of the molecule is CCN(C)C/C(C)=C/SN. The lowest BCUT2D eigenvalue weighted by Gasteiger charge is -2.13. The van der Waals surface area contributed by atoms with Crippen molar-refractivity contribution < 1.29 is 0 Å². The number of hydrogen-bond acceptors (Lipinski definition) is 3. The highest BCUT2D eigenvalue weighted by molar-refractivity contribution is 8.00. The van der Waals surface area contributed by atoms with Crippen LogP contribution in [0.4, 0.5) is 0 Å². The van der Waals surface area contributed by atoms with Crippen LogP contribution in [0.2, 0.25) is 0 Å². The Morgan fingerprint density at radius 2 is 2.30 bits per heavy atom. The molecule has 0 heterocycles. The zero-order valence-electron chi connectivity index (χ0n) is 6.92. The quantitative estimate of drug-likeness (QED) is 0.631. The summed E-state index contributed by atoms with van der Waals surface area (Å²) in [6.45, 7) is 6.33. The average molecular weight is 160 g/mol. The van der Waals surface area contributed by atoms with Gasteiger partial charge in [0.2, 0.25) is 0 Å². The molecule has 0 radical (unpaired) electrons. The van der Waals surface area contributed by atoms with Gasteiger partial charge in [0.1, 0.15) is 0 Å². The molecule has 0 aromatic rings. The van der Waals surface area contributed by atoms with Crippen molar-refractivity contribution in [3.63, 3.8) is 0 Å². The Bertz CT molecular complexity index is 112. The van der Waals surface area contributed by atoms with Gasteiger partial charge in [-0.2, -0.15) is 0 Å². The van der Waals surface area contributed by atoms with Crippen molar-refractivity contribution in [1.29, 1.82) is 0 Å². The molecule has 0 atom stereocenters. The lowest BCUT2D eigenvalue weighted by atomic mass is 10.3. The largest absolute Gasteiger partial charge is 0.303 e. The van der Waals surface area contributed by atoms with E-state index >= 15 is 0 Å². The molecular formula is C7H16N2S. The second-order valence-electron chi connectivity index (χ2n) is 2.43. The number of likely N-dealkylation sites (N-methyl/N-ethyl adjacent to an activating group) is 1. The van der Waals surface area contributed by atoms with Gasteiger partial charge in [-0.15, -0.1) is 0 Å². The van der Waals surface area contributed by atoms with Crippen LogP contribution in [0.15, 0.2) is 11.0 Å². The fourth-order valence-corrected chi connectivity index (χ4v) is 0.998. The van der Waals surface area contributed by atoms with E-state index in [0.29, 0.717) is 0 Å². The lowest BCUT2D eigenvalue weighted by molar-refractivity contribution is 0.383. The molecule has 10 heavy (non-hydrogen) atoms. The van der Waals surface area contributed by atoms with Crippen molar-refractivity contribution in [2.45, 2.75) is 13.8 Å². The molecule has 0 spiro atoms. The summed E-state index contributed by atoms with van der Waals surface area (Å²) in [5.74, 6) is 0. The normalized spacial score (nSPS) is 12.7. The zero-order chi connectivity index (χ0) is 7.98. The third-order valence-corrected chi connectivity index (χ3v) is 1.87. The zero-order valence-corrected chi connectivity index (χ0v) is 7.74. The van der Waals surface area contributed by atoms with E-state index in [0.717, 1.165) is 13.1 Å². The molecule has 0 unspecified atom stereocenters. The average Bonchev–Trinajstić information content (AvgIpc) is 1.88. The number of nitrogens with zero attached hydrogens (tertiary/aromatic N) is 1. The molecule has 0 aliphatic carbocycles. The summed E-state index contributed by atoms with van der Waals surface area (Å²) in [6, 6.07) is 0. The van der Waals surface area contributed by atoms with E-state index in [9.17, 15) is 0 Å². The first kappa shape index (κ1) is 10.0. The third kappa shape index (κ3) is 4.85. The molecule has 0 aromatic carbocycles. The highest BCUT2D eigenvalue weighted by atomic mass is 32.2. The van der Waals surface area contributed by atoms with Crippen LogP contribution < -0.4 is 5.14 Å². The highest BCUT2D eigenvalue weighted by Crippen LogP contribution is 2.00. The van der Waals surface area contributed by atoms with Crippen LogP contribution >= 0.6 is 11.9 Å². The van der Waals surface area contributed by atoms with Crippen LogP contribution in [0, 0.1) is 0 Å². The van der Waals surface area contributed by atoms with Gasteiger partial charge in [-0.05, 0) is 25.9 Å². The number of rotatable bonds is 4. The first-order valence-electron chi connectivity index (χ1n) is 3.40. The van der Waals surface area contributed by atoms with Gasteiger partial charge in [0.25, 0.3) is 0 Å². The molecule has 60 valence electrons. The maximum Gasteiger partial charge on any atom is 0.0195 e. The Morgan fingerprint density at radius 3 is 2.70 bits per heavy atom. The smallest absolute Gasteiger partial charge is 0.0195 e. The maximum atomic E-state index is 5.27.